The molecule has 1 saturated heterocycles. The van der Waals surface area contributed by atoms with E-state index in [4.69, 9.17) is 0 Å². The number of likely N-dealkylation sites (tertiary alicyclic amines) is 1. The van der Waals surface area contributed by atoms with Crippen LogP contribution in [0.25, 0.3) is 0 Å². The Morgan fingerprint density at radius 2 is 1.96 bits per heavy atom. The third-order valence-electron chi connectivity index (χ3n) is 4.53. The van der Waals surface area contributed by atoms with Crippen LogP contribution in [-0.2, 0) is 4.79 Å². The average Bonchev–Trinajstić information content (AvgIpc) is 2.57. The van der Waals surface area contributed by atoms with Crippen LogP contribution in [0.1, 0.15) is 24.5 Å². The number of β-amino-alcohol motifs (C(OH)–C–C–N with tert-alkyl or cyclic N) is 1. The van der Waals surface area contributed by atoms with Crippen molar-refractivity contribution in [2.45, 2.75) is 18.9 Å². The Hall–Kier alpha value is -1.43. The van der Waals surface area contributed by atoms with Crippen molar-refractivity contribution in [3.8, 4) is 0 Å². The van der Waals surface area contributed by atoms with Crippen molar-refractivity contribution < 1.29 is 9.90 Å². The van der Waals surface area contributed by atoms with Gasteiger partial charge in [0.15, 0.2) is 0 Å². The summed E-state index contributed by atoms with van der Waals surface area (Å²) in [5, 5.41) is 13.6. The van der Waals surface area contributed by atoms with Crippen molar-refractivity contribution in [2.24, 2.45) is 5.92 Å². The van der Waals surface area contributed by atoms with E-state index in [0.29, 0.717) is 19.0 Å². The average molecular weight is 319 g/mol. The third kappa shape index (κ3) is 5.94. The number of nitrogens with one attached hydrogen (secondary N) is 1. The Morgan fingerprint density at radius 3 is 2.57 bits per heavy atom. The van der Waals surface area contributed by atoms with Gasteiger partial charge in [0.1, 0.15) is 0 Å². The first kappa shape index (κ1) is 17.9. The van der Waals surface area contributed by atoms with Crippen LogP contribution in [0.15, 0.2) is 30.3 Å². The SMILES string of the molecule is CN(C)C(=O)CNCC1CCN(C[C@@H](O)c2ccccc2)CC1. The molecule has 0 bridgehead atoms. The van der Waals surface area contributed by atoms with E-state index < -0.39 is 6.10 Å². The topological polar surface area (TPSA) is 55.8 Å². The predicted octanol–water partition coefficient (Wildman–Crippen LogP) is 1.11. The Bertz CT molecular complexity index is 470. The molecular weight excluding hydrogens is 290 g/mol. The molecule has 1 fully saturated rings. The number of carbonyl (C=O) groups excluding carboxylic acids is 1. The summed E-state index contributed by atoms with van der Waals surface area (Å²) in [6.07, 6.45) is 1.82. The molecule has 2 rings (SSSR count). The van der Waals surface area contributed by atoms with Gasteiger partial charge in [-0.2, -0.15) is 0 Å². The van der Waals surface area contributed by atoms with Crippen molar-refractivity contribution in [2.75, 3.05) is 46.8 Å². The summed E-state index contributed by atoms with van der Waals surface area (Å²) in [6, 6.07) is 9.85. The van der Waals surface area contributed by atoms with Crippen LogP contribution in [0.2, 0.25) is 0 Å². The lowest BCUT2D eigenvalue weighted by atomic mass is 9.96. The van der Waals surface area contributed by atoms with Gasteiger partial charge in [-0.3, -0.25) is 4.79 Å². The summed E-state index contributed by atoms with van der Waals surface area (Å²) < 4.78 is 0. The summed E-state index contributed by atoms with van der Waals surface area (Å²) in [6.45, 7) is 4.04. The lowest BCUT2D eigenvalue weighted by Crippen LogP contribution is -2.41. The fourth-order valence-electron chi connectivity index (χ4n) is 2.94. The zero-order valence-corrected chi connectivity index (χ0v) is 14.2. The first-order valence-electron chi connectivity index (χ1n) is 8.42. The smallest absolute Gasteiger partial charge is 0.236 e. The number of likely N-dealkylation sites (N-methyl/N-ethyl adjacent to an activating group) is 1. The second kappa shape index (κ2) is 9.01. The maximum absolute atomic E-state index is 11.5. The molecule has 0 aromatic heterocycles. The van der Waals surface area contributed by atoms with Gasteiger partial charge in [-0.25, -0.2) is 0 Å². The third-order valence-corrected chi connectivity index (χ3v) is 4.53. The fraction of sp³-hybridized carbons (Fsp3) is 0.611. The molecule has 2 N–H and O–H groups in total. The number of carbonyl (C=O) groups is 1. The van der Waals surface area contributed by atoms with Crippen LogP contribution < -0.4 is 5.32 Å². The minimum Gasteiger partial charge on any atom is -0.387 e. The molecule has 5 heteroatoms. The maximum atomic E-state index is 11.5. The van der Waals surface area contributed by atoms with E-state index in [-0.39, 0.29) is 5.91 Å². The monoisotopic (exact) mass is 319 g/mol. The van der Waals surface area contributed by atoms with Gasteiger partial charge in [-0.15, -0.1) is 0 Å². The standard InChI is InChI=1S/C18H29N3O2/c1-20(2)18(23)13-19-12-15-8-10-21(11-9-15)14-17(22)16-6-4-3-5-7-16/h3-7,15,17,19,22H,8-14H2,1-2H3/t17-/m1/s1. The summed E-state index contributed by atoms with van der Waals surface area (Å²) in [5.41, 5.74) is 0.985. The summed E-state index contributed by atoms with van der Waals surface area (Å²) in [4.78, 5) is 15.5. The summed E-state index contributed by atoms with van der Waals surface area (Å²) in [5.74, 6) is 0.739. The normalized spacial score (nSPS) is 17.9. The van der Waals surface area contributed by atoms with Gasteiger partial charge in [0.05, 0.1) is 12.6 Å². The molecule has 1 aliphatic heterocycles. The molecule has 1 aromatic rings. The second-order valence-corrected chi connectivity index (χ2v) is 6.59. The lowest BCUT2D eigenvalue weighted by Gasteiger charge is -2.33. The molecule has 1 atom stereocenters. The van der Waals surface area contributed by atoms with E-state index >= 15 is 0 Å². The van der Waals surface area contributed by atoms with Gasteiger partial charge in [0, 0.05) is 20.6 Å². The minimum absolute atomic E-state index is 0.119. The van der Waals surface area contributed by atoms with Gasteiger partial charge in [0.25, 0.3) is 0 Å². The van der Waals surface area contributed by atoms with Crippen LogP contribution >= 0.6 is 0 Å². The van der Waals surface area contributed by atoms with E-state index in [2.05, 4.69) is 10.2 Å². The largest absolute Gasteiger partial charge is 0.387 e. The predicted molar refractivity (Wildman–Crippen MR) is 92.1 cm³/mol. The number of rotatable bonds is 7. The van der Waals surface area contributed by atoms with Gasteiger partial charge in [0.2, 0.25) is 5.91 Å². The zero-order chi connectivity index (χ0) is 16.7. The number of hydrogen-bond donors (Lipinski definition) is 2. The molecular formula is C18H29N3O2. The molecule has 0 unspecified atom stereocenters. The molecule has 1 aliphatic rings. The molecule has 0 aliphatic carbocycles. The highest BCUT2D eigenvalue weighted by Gasteiger charge is 2.21. The minimum atomic E-state index is -0.413. The van der Waals surface area contributed by atoms with Crippen LogP contribution in [0.3, 0.4) is 0 Å². The first-order chi connectivity index (χ1) is 11.1. The number of hydrogen-bond acceptors (Lipinski definition) is 4. The highest BCUT2D eigenvalue weighted by atomic mass is 16.3. The first-order valence-corrected chi connectivity index (χ1v) is 8.42. The highest BCUT2D eigenvalue weighted by molar-refractivity contribution is 5.77. The second-order valence-electron chi connectivity index (χ2n) is 6.59. The van der Waals surface area contributed by atoms with Gasteiger partial charge in [-0.05, 0) is 44.0 Å². The maximum Gasteiger partial charge on any atom is 0.236 e. The van der Waals surface area contributed by atoms with Gasteiger partial charge >= 0.3 is 0 Å². The van der Waals surface area contributed by atoms with E-state index in [9.17, 15) is 9.90 Å². The number of benzene rings is 1. The number of amides is 1. The number of aliphatic hydroxyl groups is 1. The van der Waals surface area contributed by atoms with Crippen molar-refractivity contribution in [3.63, 3.8) is 0 Å². The molecule has 128 valence electrons. The molecule has 23 heavy (non-hydrogen) atoms. The Balaban J connectivity index is 1.65. The zero-order valence-electron chi connectivity index (χ0n) is 14.2. The lowest BCUT2D eigenvalue weighted by molar-refractivity contribution is -0.127. The Kier molecular flexibility index (Phi) is 7.02. The highest BCUT2D eigenvalue weighted by Crippen LogP contribution is 2.20. The van der Waals surface area contributed by atoms with Crippen LogP contribution in [0.4, 0.5) is 0 Å². The number of piperidine rings is 1. The molecule has 0 spiro atoms. The van der Waals surface area contributed by atoms with Gasteiger partial charge in [-0.1, -0.05) is 30.3 Å². The quantitative estimate of drug-likeness (QED) is 0.790. The van der Waals surface area contributed by atoms with E-state index in [1.54, 1.807) is 19.0 Å². The number of nitrogens with zero attached hydrogens (tertiary/aromatic N) is 2. The van der Waals surface area contributed by atoms with Crippen molar-refractivity contribution in [3.05, 3.63) is 35.9 Å². The molecule has 5 nitrogen and oxygen atoms in total. The van der Waals surface area contributed by atoms with Gasteiger partial charge < -0.3 is 20.2 Å². The molecule has 0 saturated carbocycles. The molecule has 1 heterocycles. The van der Waals surface area contributed by atoms with Crippen LogP contribution in [0.5, 0.6) is 0 Å². The number of aliphatic hydroxyl groups excluding tert-OH is 1. The van der Waals surface area contributed by atoms with Crippen molar-refractivity contribution in [1.29, 1.82) is 0 Å². The van der Waals surface area contributed by atoms with Crippen LogP contribution in [-0.4, -0.2) is 67.6 Å². The van der Waals surface area contributed by atoms with E-state index in [1.165, 1.54) is 0 Å². The molecule has 1 amide bonds. The molecule has 1 aromatic carbocycles. The summed E-state index contributed by atoms with van der Waals surface area (Å²) >= 11 is 0. The fourth-order valence-corrected chi connectivity index (χ4v) is 2.94. The Labute approximate surface area is 139 Å². The van der Waals surface area contributed by atoms with Crippen LogP contribution in [0, 0.1) is 5.92 Å². The van der Waals surface area contributed by atoms with E-state index in [1.807, 2.05) is 30.3 Å². The molecule has 0 radical (unpaired) electrons. The van der Waals surface area contributed by atoms with Crippen molar-refractivity contribution in [1.82, 2.24) is 15.1 Å². The van der Waals surface area contributed by atoms with E-state index in [0.717, 1.165) is 38.0 Å². The Morgan fingerprint density at radius 1 is 1.30 bits per heavy atom. The summed E-state index contributed by atoms with van der Waals surface area (Å²) in [7, 11) is 3.56. The van der Waals surface area contributed by atoms with Crippen molar-refractivity contribution >= 4 is 5.91 Å².